The number of ether oxygens (including phenoxy) is 5. The Labute approximate surface area is 143 Å². The lowest BCUT2D eigenvalue weighted by atomic mass is 9.87. The van der Waals surface area contributed by atoms with Gasteiger partial charge in [0.2, 0.25) is 0 Å². The van der Waals surface area contributed by atoms with Gasteiger partial charge in [0.15, 0.2) is 29.6 Å². The summed E-state index contributed by atoms with van der Waals surface area (Å²) in [5, 5.41) is 11.4. The van der Waals surface area contributed by atoms with Gasteiger partial charge in [-0.2, -0.15) is 0 Å². The monoisotopic (exact) mass is 340 g/mol. The summed E-state index contributed by atoms with van der Waals surface area (Å²) in [6, 6.07) is 0. The Balaban J connectivity index is 1.92. The van der Waals surface area contributed by atoms with Gasteiger partial charge in [-0.25, -0.2) is 0 Å². The van der Waals surface area contributed by atoms with E-state index in [1.54, 1.807) is 13.8 Å². The molecule has 3 aliphatic rings. The van der Waals surface area contributed by atoms with Gasteiger partial charge in [0.25, 0.3) is 0 Å². The standard InChI is InChI=1S/C18H28O6/c1-15(2,3)8-9-18(19)12(11-10-20-16(4,5)22-11)21-14-13(18)23-17(6,7)24-14/h11-14,19H,10H2,1-7H3/t11-,12-,13+,14-,18-/m1/s1. The molecular formula is C18H28O6. The largest absolute Gasteiger partial charge is 0.372 e. The zero-order chi connectivity index (χ0) is 18.0. The Morgan fingerprint density at radius 2 is 1.62 bits per heavy atom. The number of aliphatic hydroxyl groups is 1. The first-order chi connectivity index (χ1) is 10.8. The van der Waals surface area contributed by atoms with Gasteiger partial charge in [-0.15, -0.1) is 0 Å². The molecule has 0 amide bonds. The summed E-state index contributed by atoms with van der Waals surface area (Å²) in [7, 11) is 0. The molecule has 5 atom stereocenters. The third-order valence-corrected chi connectivity index (χ3v) is 4.21. The van der Waals surface area contributed by atoms with Crippen LogP contribution in [-0.2, 0) is 23.7 Å². The molecule has 136 valence electrons. The van der Waals surface area contributed by atoms with Gasteiger partial charge in [-0.05, 0) is 48.5 Å². The summed E-state index contributed by atoms with van der Waals surface area (Å²) in [6.07, 6.45) is -2.53. The fraction of sp³-hybridized carbons (Fsp3) is 0.889. The quantitative estimate of drug-likeness (QED) is 0.734. The molecule has 0 aliphatic carbocycles. The Morgan fingerprint density at radius 3 is 2.17 bits per heavy atom. The van der Waals surface area contributed by atoms with Gasteiger partial charge in [0, 0.05) is 5.41 Å². The van der Waals surface area contributed by atoms with Crippen LogP contribution in [0.1, 0.15) is 48.5 Å². The third-order valence-electron chi connectivity index (χ3n) is 4.21. The number of rotatable bonds is 1. The van der Waals surface area contributed by atoms with Crippen molar-refractivity contribution in [2.24, 2.45) is 5.41 Å². The predicted octanol–water partition coefficient (Wildman–Crippen LogP) is 1.79. The summed E-state index contributed by atoms with van der Waals surface area (Å²) in [5.74, 6) is 4.56. The van der Waals surface area contributed by atoms with Crippen LogP contribution < -0.4 is 0 Å². The van der Waals surface area contributed by atoms with E-state index < -0.39 is 41.8 Å². The highest BCUT2D eigenvalue weighted by Gasteiger charge is 2.65. The van der Waals surface area contributed by atoms with Crippen LogP contribution in [0.3, 0.4) is 0 Å². The SMILES string of the molecule is CC(C)(C)C#C[C@@]1(O)[C@@H]([C@H]2COC(C)(C)O2)O[C@@H]2OC(C)(C)O[C@@H]21. The Bertz CT molecular complexity index is 566. The van der Waals surface area contributed by atoms with Crippen LogP contribution in [0.15, 0.2) is 0 Å². The molecule has 6 heteroatoms. The van der Waals surface area contributed by atoms with E-state index >= 15 is 0 Å². The lowest BCUT2D eigenvalue weighted by Crippen LogP contribution is -2.53. The minimum absolute atomic E-state index is 0.264. The van der Waals surface area contributed by atoms with Crippen LogP contribution in [0.4, 0.5) is 0 Å². The molecule has 0 saturated carbocycles. The van der Waals surface area contributed by atoms with E-state index in [9.17, 15) is 5.11 Å². The molecule has 0 aromatic rings. The molecule has 0 bridgehead atoms. The molecule has 0 radical (unpaired) electrons. The Morgan fingerprint density at radius 1 is 0.958 bits per heavy atom. The minimum Gasteiger partial charge on any atom is -0.372 e. The first-order valence-electron chi connectivity index (χ1n) is 8.41. The van der Waals surface area contributed by atoms with Gasteiger partial charge in [-0.3, -0.25) is 0 Å². The van der Waals surface area contributed by atoms with Crippen molar-refractivity contribution >= 4 is 0 Å². The van der Waals surface area contributed by atoms with Gasteiger partial charge >= 0.3 is 0 Å². The molecule has 3 aliphatic heterocycles. The Hall–Kier alpha value is -0.680. The lowest BCUT2D eigenvalue weighted by Gasteiger charge is -2.32. The van der Waals surface area contributed by atoms with Crippen molar-refractivity contribution in [3.63, 3.8) is 0 Å². The molecule has 3 saturated heterocycles. The average molecular weight is 340 g/mol. The summed E-state index contributed by atoms with van der Waals surface area (Å²) in [6.45, 7) is 13.5. The number of fused-ring (bicyclic) bond motifs is 1. The summed E-state index contributed by atoms with van der Waals surface area (Å²) >= 11 is 0. The molecule has 0 aromatic carbocycles. The van der Waals surface area contributed by atoms with E-state index in [-0.39, 0.29) is 5.41 Å². The van der Waals surface area contributed by atoms with E-state index in [1.165, 1.54) is 0 Å². The van der Waals surface area contributed by atoms with E-state index in [4.69, 9.17) is 23.7 Å². The molecule has 3 heterocycles. The number of hydrogen-bond donors (Lipinski definition) is 1. The molecule has 0 unspecified atom stereocenters. The predicted molar refractivity (Wildman–Crippen MR) is 85.8 cm³/mol. The van der Waals surface area contributed by atoms with Crippen LogP contribution in [0.2, 0.25) is 0 Å². The molecule has 6 nitrogen and oxygen atoms in total. The van der Waals surface area contributed by atoms with Crippen molar-refractivity contribution in [1.82, 2.24) is 0 Å². The van der Waals surface area contributed by atoms with Gasteiger partial charge in [0.1, 0.15) is 12.2 Å². The summed E-state index contributed by atoms with van der Waals surface area (Å²) in [4.78, 5) is 0. The smallest absolute Gasteiger partial charge is 0.191 e. The van der Waals surface area contributed by atoms with Gasteiger partial charge in [0.05, 0.1) is 6.61 Å². The highest BCUT2D eigenvalue weighted by molar-refractivity contribution is 5.27. The van der Waals surface area contributed by atoms with Gasteiger partial charge in [-0.1, -0.05) is 11.8 Å². The van der Waals surface area contributed by atoms with Crippen molar-refractivity contribution in [1.29, 1.82) is 0 Å². The van der Waals surface area contributed by atoms with Gasteiger partial charge < -0.3 is 28.8 Å². The van der Waals surface area contributed by atoms with E-state index in [2.05, 4.69) is 11.8 Å². The van der Waals surface area contributed by atoms with Crippen LogP contribution in [0, 0.1) is 17.3 Å². The van der Waals surface area contributed by atoms with Crippen molar-refractivity contribution in [3.8, 4) is 11.8 Å². The zero-order valence-electron chi connectivity index (χ0n) is 15.5. The fourth-order valence-electron chi connectivity index (χ4n) is 3.20. The summed E-state index contributed by atoms with van der Waals surface area (Å²) in [5.41, 5.74) is -1.79. The first kappa shape index (κ1) is 18.1. The van der Waals surface area contributed by atoms with E-state index in [0.717, 1.165) is 0 Å². The highest BCUT2D eigenvalue weighted by Crippen LogP contribution is 2.45. The second-order valence-corrected chi connectivity index (χ2v) is 8.67. The summed E-state index contributed by atoms with van der Waals surface area (Å²) < 4.78 is 29.2. The van der Waals surface area contributed by atoms with Crippen molar-refractivity contribution in [2.75, 3.05) is 6.61 Å². The maximum atomic E-state index is 11.4. The topological polar surface area (TPSA) is 66.4 Å². The molecule has 0 spiro atoms. The van der Waals surface area contributed by atoms with Crippen LogP contribution in [0.5, 0.6) is 0 Å². The van der Waals surface area contributed by atoms with Crippen LogP contribution >= 0.6 is 0 Å². The molecule has 3 fully saturated rings. The second-order valence-electron chi connectivity index (χ2n) is 8.67. The zero-order valence-corrected chi connectivity index (χ0v) is 15.5. The fourth-order valence-corrected chi connectivity index (χ4v) is 3.20. The maximum Gasteiger partial charge on any atom is 0.191 e. The average Bonchev–Trinajstić information content (AvgIpc) is 2.98. The Kier molecular flexibility index (Phi) is 4.08. The lowest BCUT2D eigenvalue weighted by molar-refractivity contribution is -0.240. The minimum atomic E-state index is -1.53. The van der Waals surface area contributed by atoms with Crippen molar-refractivity contribution in [3.05, 3.63) is 0 Å². The third kappa shape index (κ3) is 3.34. The molecule has 24 heavy (non-hydrogen) atoms. The van der Waals surface area contributed by atoms with Crippen LogP contribution in [-0.4, -0.2) is 53.5 Å². The molecule has 1 N–H and O–H groups in total. The highest BCUT2D eigenvalue weighted by atomic mass is 16.8. The maximum absolute atomic E-state index is 11.4. The van der Waals surface area contributed by atoms with E-state index in [1.807, 2.05) is 34.6 Å². The molecular weight excluding hydrogens is 312 g/mol. The van der Waals surface area contributed by atoms with Crippen molar-refractivity contribution in [2.45, 2.75) is 90.2 Å². The molecule has 0 aromatic heterocycles. The van der Waals surface area contributed by atoms with Crippen molar-refractivity contribution < 1.29 is 28.8 Å². The number of hydrogen-bond acceptors (Lipinski definition) is 6. The molecule has 3 rings (SSSR count). The van der Waals surface area contributed by atoms with E-state index in [0.29, 0.717) is 6.61 Å². The second kappa shape index (κ2) is 5.41. The first-order valence-corrected chi connectivity index (χ1v) is 8.41. The van der Waals surface area contributed by atoms with Crippen LogP contribution in [0.25, 0.3) is 0 Å². The normalized spacial score (nSPS) is 43.3.